The average molecular weight is 390 g/mol. The van der Waals surface area contributed by atoms with Gasteiger partial charge in [-0.05, 0) is 35.7 Å². The quantitative estimate of drug-likeness (QED) is 0.456. The highest BCUT2D eigenvalue weighted by Gasteiger charge is 2.31. The number of ether oxygens (including phenoxy) is 1. The number of pyridine rings is 1. The minimum absolute atomic E-state index is 0.0487. The third-order valence-electron chi connectivity index (χ3n) is 3.68. The lowest BCUT2D eigenvalue weighted by atomic mass is 10.1. The van der Waals surface area contributed by atoms with Gasteiger partial charge in [0, 0.05) is 12.2 Å². The van der Waals surface area contributed by atoms with Crippen molar-refractivity contribution in [2.24, 2.45) is 0 Å². The molecule has 122 valence electrons. The van der Waals surface area contributed by atoms with Gasteiger partial charge >= 0.3 is 5.97 Å². The van der Waals surface area contributed by atoms with Crippen LogP contribution in [0.3, 0.4) is 0 Å². The van der Waals surface area contributed by atoms with E-state index in [1.807, 2.05) is 0 Å². The highest BCUT2D eigenvalue weighted by Crippen LogP contribution is 2.39. The number of carbonyl (C=O) groups excluding carboxylic acids is 1. The maximum Gasteiger partial charge on any atom is 0.343 e. The van der Waals surface area contributed by atoms with E-state index < -0.39 is 38.7 Å². The summed E-state index contributed by atoms with van der Waals surface area (Å²) in [4.78, 5) is 24.4. The normalized spacial score (nSPS) is 14.3. The zero-order chi connectivity index (χ0) is 16.9. The zero-order valence-corrected chi connectivity index (χ0v) is 13.5. The molecule has 0 amide bonds. The summed E-state index contributed by atoms with van der Waals surface area (Å²) in [6.45, 7) is 1.62. The number of esters is 1. The molecule has 0 atom stereocenters. The first-order valence-electron chi connectivity index (χ1n) is 6.96. The number of hydrogen-bond donors (Lipinski definition) is 0. The second kappa shape index (κ2) is 5.67. The maximum absolute atomic E-state index is 14.2. The lowest BCUT2D eigenvalue weighted by molar-refractivity contribution is 0.0524. The van der Waals surface area contributed by atoms with Crippen LogP contribution in [0.15, 0.2) is 15.5 Å². The van der Waals surface area contributed by atoms with Crippen LogP contribution < -0.4 is 5.43 Å². The molecule has 1 saturated carbocycles. The summed E-state index contributed by atoms with van der Waals surface area (Å²) in [5.41, 5.74) is -1.59. The van der Waals surface area contributed by atoms with Crippen molar-refractivity contribution in [1.82, 2.24) is 4.57 Å². The van der Waals surface area contributed by atoms with Crippen molar-refractivity contribution in [3.63, 3.8) is 0 Å². The van der Waals surface area contributed by atoms with Gasteiger partial charge < -0.3 is 9.30 Å². The largest absolute Gasteiger partial charge is 0.462 e. The van der Waals surface area contributed by atoms with E-state index in [0.717, 1.165) is 6.20 Å². The van der Waals surface area contributed by atoms with Crippen LogP contribution in [0.2, 0.25) is 0 Å². The Morgan fingerprint density at radius 1 is 1.30 bits per heavy atom. The number of fused-ring (bicyclic) bond motifs is 1. The molecule has 0 spiro atoms. The lowest BCUT2D eigenvalue weighted by Crippen LogP contribution is -2.22. The number of halogens is 4. The first kappa shape index (κ1) is 16.0. The van der Waals surface area contributed by atoms with Crippen molar-refractivity contribution in [2.75, 3.05) is 6.61 Å². The van der Waals surface area contributed by atoms with Crippen LogP contribution in [-0.4, -0.2) is 17.1 Å². The molecule has 2 aromatic rings. The molecular weight excluding hydrogens is 379 g/mol. The van der Waals surface area contributed by atoms with Crippen molar-refractivity contribution < 1.29 is 22.7 Å². The van der Waals surface area contributed by atoms with Gasteiger partial charge in [-0.1, -0.05) is 0 Å². The summed E-state index contributed by atoms with van der Waals surface area (Å²) < 4.78 is 47.4. The van der Waals surface area contributed by atoms with Gasteiger partial charge in [0.1, 0.15) is 5.56 Å². The Balaban J connectivity index is 2.46. The molecule has 8 heteroatoms. The standard InChI is InChI=1S/C15H11BrF3NO3/c1-2-23-15(22)7-5-20(6-3-4-6)13-8(14(7)21)9(16)10(17)11(18)12(13)19/h5-6H,2-4H2,1H3. The second-order valence-electron chi connectivity index (χ2n) is 5.21. The molecule has 4 nitrogen and oxygen atoms in total. The van der Waals surface area contributed by atoms with Crippen molar-refractivity contribution in [2.45, 2.75) is 25.8 Å². The maximum atomic E-state index is 14.2. The highest BCUT2D eigenvalue weighted by atomic mass is 79.9. The number of benzene rings is 1. The number of hydrogen-bond acceptors (Lipinski definition) is 3. The Morgan fingerprint density at radius 3 is 2.52 bits per heavy atom. The summed E-state index contributed by atoms with van der Waals surface area (Å²) in [5.74, 6) is -5.50. The fourth-order valence-corrected chi connectivity index (χ4v) is 3.00. The number of aromatic nitrogens is 1. The topological polar surface area (TPSA) is 48.3 Å². The Kier molecular flexibility index (Phi) is 3.95. The van der Waals surface area contributed by atoms with E-state index in [9.17, 15) is 22.8 Å². The second-order valence-corrected chi connectivity index (χ2v) is 6.00. The van der Waals surface area contributed by atoms with Gasteiger partial charge in [-0.2, -0.15) is 0 Å². The monoisotopic (exact) mass is 389 g/mol. The molecule has 1 fully saturated rings. The molecule has 0 N–H and O–H groups in total. The van der Waals surface area contributed by atoms with Gasteiger partial charge in [0.05, 0.1) is 22.0 Å². The summed E-state index contributed by atoms with van der Waals surface area (Å²) in [6, 6.07) is -0.169. The molecule has 23 heavy (non-hydrogen) atoms. The third kappa shape index (κ3) is 2.45. The summed E-state index contributed by atoms with van der Waals surface area (Å²) >= 11 is 2.80. The van der Waals surface area contributed by atoms with Gasteiger partial charge in [-0.25, -0.2) is 18.0 Å². The molecular formula is C15H11BrF3NO3. The van der Waals surface area contributed by atoms with Gasteiger partial charge in [-0.15, -0.1) is 0 Å². The van der Waals surface area contributed by atoms with Crippen molar-refractivity contribution in [1.29, 1.82) is 0 Å². The molecule has 1 aromatic carbocycles. The summed E-state index contributed by atoms with van der Waals surface area (Å²) in [7, 11) is 0. The zero-order valence-electron chi connectivity index (χ0n) is 12.0. The van der Waals surface area contributed by atoms with Gasteiger partial charge in [-0.3, -0.25) is 4.79 Å². The molecule has 1 aliphatic carbocycles. The third-order valence-corrected chi connectivity index (χ3v) is 4.42. The molecule has 0 aliphatic heterocycles. The van der Waals surface area contributed by atoms with Crippen LogP contribution in [0.1, 0.15) is 36.2 Å². The van der Waals surface area contributed by atoms with Crippen LogP contribution >= 0.6 is 15.9 Å². The molecule has 0 radical (unpaired) electrons. The first-order chi connectivity index (χ1) is 10.9. The molecule has 0 unspecified atom stereocenters. The Labute approximate surface area is 137 Å². The van der Waals surface area contributed by atoms with E-state index in [1.165, 1.54) is 4.57 Å². The molecule has 1 aliphatic rings. The van der Waals surface area contributed by atoms with E-state index in [0.29, 0.717) is 12.8 Å². The summed E-state index contributed by atoms with van der Waals surface area (Å²) in [5, 5.41) is -0.404. The fraction of sp³-hybridized carbons (Fsp3) is 0.333. The van der Waals surface area contributed by atoms with Gasteiger partial charge in [0.25, 0.3) is 0 Å². The summed E-state index contributed by atoms with van der Waals surface area (Å²) in [6.07, 6.45) is 2.54. The van der Waals surface area contributed by atoms with Gasteiger partial charge in [0.2, 0.25) is 5.43 Å². The minimum atomic E-state index is -1.66. The fourth-order valence-electron chi connectivity index (χ4n) is 2.46. The Hall–Kier alpha value is -1.83. The van der Waals surface area contributed by atoms with Crippen molar-refractivity contribution >= 4 is 32.8 Å². The lowest BCUT2D eigenvalue weighted by Gasteiger charge is -2.15. The Morgan fingerprint density at radius 2 is 1.96 bits per heavy atom. The number of rotatable bonds is 3. The van der Waals surface area contributed by atoms with E-state index in [4.69, 9.17) is 4.74 Å². The SMILES string of the molecule is CCOC(=O)c1cn(C2CC2)c2c(F)c(F)c(F)c(Br)c2c1=O. The van der Waals surface area contributed by atoms with Crippen LogP contribution in [-0.2, 0) is 4.74 Å². The highest BCUT2D eigenvalue weighted by molar-refractivity contribution is 9.10. The van der Waals surface area contributed by atoms with Gasteiger partial charge in [0.15, 0.2) is 17.5 Å². The van der Waals surface area contributed by atoms with Crippen LogP contribution in [0, 0.1) is 17.5 Å². The molecule has 3 rings (SSSR count). The average Bonchev–Trinajstić information content (AvgIpc) is 3.35. The van der Waals surface area contributed by atoms with Crippen molar-refractivity contribution in [3.8, 4) is 0 Å². The molecule has 1 aromatic heterocycles. The van der Waals surface area contributed by atoms with E-state index >= 15 is 0 Å². The predicted molar refractivity (Wildman–Crippen MR) is 80.0 cm³/mol. The first-order valence-corrected chi connectivity index (χ1v) is 7.75. The number of nitrogens with zero attached hydrogens (tertiary/aromatic N) is 1. The van der Waals surface area contributed by atoms with Crippen LogP contribution in [0.4, 0.5) is 13.2 Å². The molecule has 0 bridgehead atoms. The smallest absolute Gasteiger partial charge is 0.343 e. The number of carbonyl (C=O) groups is 1. The van der Waals surface area contributed by atoms with Crippen LogP contribution in [0.25, 0.3) is 10.9 Å². The van der Waals surface area contributed by atoms with E-state index in [-0.39, 0.29) is 23.7 Å². The van der Waals surface area contributed by atoms with E-state index in [1.54, 1.807) is 6.92 Å². The minimum Gasteiger partial charge on any atom is -0.462 e. The predicted octanol–water partition coefficient (Wildman–Crippen LogP) is 3.69. The van der Waals surface area contributed by atoms with Crippen LogP contribution in [0.5, 0.6) is 0 Å². The molecule has 1 heterocycles. The van der Waals surface area contributed by atoms with E-state index in [2.05, 4.69) is 15.9 Å². The molecule has 0 saturated heterocycles. The van der Waals surface area contributed by atoms with Crippen molar-refractivity contribution in [3.05, 3.63) is 43.9 Å². The Bertz CT molecular complexity index is 890.